The summed E-state index contributed by atoms with van der Waals surface area (Å²) in [6, 6.07) is 9.77. The van der Waals surface area contributed by atoms with Gasteiger partial charge in [0.25, 0.3) is 5.56 Å². The second kappa shape index (κ2) is 7.26. The Balaban J connectivity index is 1.74. The predicted molar refractivity (Wildman–Crippen MR) is 93.6 cm³/mol. The van der Waals surface area contributed by atoms with Gasteiger partial charge in [-0.05, 0) is 29.8 Å². The number of nitrogens with zero attached hydrogens (tertiary/aromatic N) is 3. The molecule has 3 N–H and O–H groups in total. The zero-order valence-electron chi connectivity index (χ0n) is 12.9. The van der Waals surface area contributed by atoms with Gasteiger partial charge in [0.2, 0.25) is 5.89 Å². The molecule has 2 aromatic heterocycles. The number of anilines is 1. The fourth-order valence-corrected chi connectivity index (χ4v) is 2.57. The van der Waals surface area contributed by atoms with Crippen molar-refractivity contribution in [3.05, 3.63) is 74.1 Å². The van der Waals surface area contributed by atoms with Crippen LogP contribution in [0, 0.1) is 0 Å². The maximum absolute atomic E-state index is 12.0. The minimum absolute atomic E-state index is 0.00470. The summed E-state index contributed by atoms with van der Waals surface area (Å²) < 4.78 is 6.35. The van der Waals surface area contributed by atoms with E-state index in [2.05, 4.69) is 10.1 Å². The molecule has 3 aromatic rings. The monoisotopic (exact) mass is 380 g/mol. The van der Waals surface area contributed by atoms with Crippen LogP contribution in [0.25, 0.3) is 0 Å². The number of hydrogen-bond acceptors (Lipinski definition) is 6. The lowest BCUT2D eigenvalue weighted by Gasteiger charge is -2.08. The van der Waals surface area contributed by atoms with E-state index in [4.69, 9.17) is 33.5 Å². The molecule has 0 bridgehead atoms. The Morgan fingerprint density at radius 1 is 1.20 bits per heavy atom. The normalized spacial score (nSPS) is 12.3. The molecule has 0 amide bonds. The maximum Gasteiger partial charge on any atom is 0.271 e. The lowest BCUT2D eigenvalue weighted by molar-refractivity contribution is 0.174. The topological polar surface area (TPSA) is 107 Å². The van der Waals surface area contributed by atoms with Crippen LogP contribution in [-0.4, -0.2) is 19.8 Å². The molecule has 0 aliphatic rings. The number of rotatable bonds is 5. The third kappa shape index (κ3) is 4.01. The molecule has 1 aromatic carbocycles. The summed E-state index contributed by atoms with van der Waals surface area (Å²) in [5.41, 5.74) is 6.02. The Hall–Kier alpha value is -2.35. The van der Waals surface area contributed by atoms with Crippen LogP contribution >= 0.6 is 23.2 Å². The van der Waals surface area contributed by atoms with Gasteiger partial charge < -0.3 is 15.4 Å². The molecule has 0 fully saturated rings. The number of aliphatic hydroxyl groups excluding tert-OH is 1. The molecule has 0 radical (unpaired) electrons. The standard InChI is InChI=1S/C16H14Cl2N4O3/c17-10-3-1-9(2-4-10)12(23)7-14-20-15(25-21-14)8-22-13(19)6-5-11(18)16(22)24/h1-6,12,23H,7-8,19H2/t12-/m0/s1. The number of aromatic nitrogens is 3. The highest BCUT2D eigenvalue weighted by Gasteiger charge is 2.15. The van der Waals surface area contributed by atoms with Gasteiger partial charge in [0.15, 0.2) is 5.82 Å². The maximum atomic E-state index is 12.0. The van der Waals surface area contributed by atoms with Crippen LogP contribution in [0.5, 0.6) is 0 Å². The molecule has 9 heteroatoms. The third-order valence-corrected chi connectivity index (χ3v) is 4.14. The number of aliphatic hydroxyl groups is 1. The van der Waals surface area contributed by atoms with E-state index in [-0.39, 0.29) is 29.7 Å². The summed E-state index contributed by atoms with van der Waals surface area (Å²) in [6.45, 7) is -0.00470. The molecule has 0 spiro atoms. The van der Waals surface area contributed by atoms with E-state index in [9.17, 15) is 9.90 Å². The van der Waals surface area contributed by atoms with Crippen LogP contribution in [0.4, 0.5) is 5.82 Å². The van der Waals surface area contributed by atoms with Gasteiger partial charge in [0.05, 0.1) is 6.10 Å². The molecule has 0 unspecified atom stereocenters. The van der Waals surface area contributed by atoms with E-state index in [0.717, 1.165) is 0 Å². The number of halogens is 2. The van der Waals surface area contributed by atoms with Crippen molar-refractivity contribution in [1.82, 2.24) is 14.7 Å². The Morgan fingerprint density at radius 3 is 2.64 bits per heavy atom. The second-order valence-corrected chi connectivity index (χ2v) is 6.22. The van der Waals surface area contributed by atoms with Crippen molar-refractivity contribution in [2.45, 2.75) is 19.1 Å². The van der Waals surface area contributed by atoms with E-state index in [1.807, 2.05) is 0 Å². The van der Waals surface area contributed by atoms with Crippen molar-refractivity contribution in [2.75, 3.05) is 5.73 Å². The fourth-order valence-electron chi connectivity index (χ4n) is 2.28. The molecular formula is C16H14Cl2N4O3. The number of nitrogens with two attached hydrogens (primary N) is 1. The van der Waals surface area contributed by atoms with Crippen LogP contribution in [0.2, 0.25) is 10.0 Å². The molecule has 1 atom stereocenters. The second-order valence-electron chi connectivity index (χ2n) is 5.37. The first-order valence-electron chi connectivity index (χ1n) is 7.34. The van der Waals surface area contributed by atoms with Gasteiger partial charge in [-0.1, -0.05) is 40.5 Å². The summed E-state index contributed by atoms with van der Waals surface area (Å²) in [5, 5.41) is 14.7. The number of nitrogen functional groups attached to an aromatic ring is 1. The lowest BCUT2D eigenvalue weighted by atomic mass is 10.1. The Labute approximate surface area is 152 Å². The van der Waals surface area contributed by atoms with Crippen molar-refractivity contribution in [1.29, 1.82) is 0 Å². The molecule has 2 heterocycles. The van der Waals surface area contributed by atoms with Crippen molar-refractivity contribution < 1.29 is 9.63 Å². The number of benzene rings is 1. The number of pyridine rings is 1. The van der Waals surface area contributed by atoms with E-state index in [1.165, 1.54) is 16.7 Å². The van der Waals surface area contributed by atoms with Gasteiger partial charge in [0, 0.05) is 11.4 Å². The van der Waals surface area contributed by atoms with E-state index >= 15 is 0 Å². The zero-order chi connectivity index (χ0) is 18.0. The SMILES string of the molecule is Nc1ccc(Cl)c(=O)n1Cc1nc(C[C@H](O)c2ccc(Cl)cc2)no1. The average Bonchev–Trinajstić information content (AvgIpc) is 3.03. The van der Waals surface area contributed by atoms with Crippen LogP contribution in [0.3, 0.4) is 0 Å². The first-order valence-corrected chi connectivity index (χ1v) is 8.09. The highest BCUT2D eigenvalue weighted by molar-refractivity contribution is 6.30. The van der Waals surface area contributed by atoms with Crippen LogP contribution in [-0.2, 0) is 13.0 Å². The van der Waals surface area contributed by atoms with Crippen molar-refractivity contribution in [3.8, 4) is 0 Å². The molecule has 3 rings (SSSR count). The fraction of sp³-hybridized carbons (Fsp3) is 0.188. The summed E-state index contributed by atoms with van der Waals surface area (Å²) >= 11 is 11.6. The van der Waals surface area contributed by atoms with E-state index in [0.29, 0.717) is 16.4 Å². The summed E-state index contributed by atoms with van der Waals surface area (Å²) in [4.78, 5) is 16.2. The highest BCUT2D eigenvalue weighted by atomic mass is 35.5. The van der Waals surface area contributed by atoms with Crippen molar-refractivity contribution in [3.63, 3.8) is 0 Å². The van der Waals surface area contributed by atoms with Gasteiger partial charge in [-0.2, -0.15) is 4.98 Å². The van der Waals surface area contributed by atoms with Crippen LogP contribution < -0.4 is 11.3 Å². The van der Waals surface area contributed by atoms with E-state index in [1.54, 1.807) is 24.3 Å². The minimum Gasteiger partial charge on any atom is -0.388 e. The van der Waals surface area contributed by atoms with E-state index < -0.39 is 11.7 Å². The molecule has 0 aliphatic carbocycles. The van der Waals surface area contributed by atoms with Crippen molar-refractivity contribution in [2.24, 2.45) is 0 Å². The summed E-state index contributed by atoms with van der Waals surface area (Å²) in [5.74, 6) is 0.732. The molecule has 0 saturated heterocycles. The number of hydrogen-bond donors (Lipinski definition) is 2. The molecule has 25 heavy (non-hydrogen) atoms. The quantitative estimate of drug-likeness (QED) is 0.703. The summed E-state index contributed by atoms with van der Waals surface area (Å²) in [6.07, 6.45) is -0.646. The molecule has 0 saturated carbocycles. The van der Waals surface area contributed by atoms with Gasteiger partial charge in [0.1, 0.15) is 17.4 Å². The van der Waals surface area contributed by atoms with Crippen molar-refractivity contribution >= 4 is 29.0 Å². The third-order valence-electron chi connectivity index (χ3n) is 3.60. The smallest absolute Gasteiger partial charge is 0.271 e. The Kier molecular flexibility index (Phi) is 5.08. The first kappa shape index (κ1) is 17.5. The van der Waals surface area contributed by atoms with Gasteiger partial charge >= 0.3 is 0 Å². The largest absolute Gasteiger partial charge is 0.388 e. The Bertz CT molecular complexity index is 937. The predicted octanol–water partition coefficient (Wildman–Crippen LogP) is 2.44. The molecule has 130 valence electrons. The average molecular weight is 381 g/mol. The highest BCUT2D eigenvalue weighted by Crippen LogP contribution is 2.19. The summed E-state index contributed by atoms with van der Waals surface area (Å²) in [7, 11) is 0. The van der Waals surface area contributed by atoms with Crippen LogP contribution in [0.15, 0.2) is 45.7 Å². The van der Waals surface area contributed by atoms with Gasteiger partial charge in [-0.3, -0.25) is 9.36 Å². The van der Waals surface area contributed by atoms with Crippen LogP contribution in [0.1, 0.15) is 23.4 Å². The molecule has 0 aliphatic heterocycles. The minimum atomic E-state index is -0.804. The van der Waals surface area contributed by atoms with Gasteiger partial charge in [-0.15, -0.1) is 0 Å². The zero-order valence-corrected chi connectivity index (χ0v) is 14.4. The lowest BCUT2D eigenvalue weighted by Crippen LogP contribution is -2.23. The molecular weight excluding hydrogens is 367 g/mol. The Morgan fingerprint density at radius 2 is 1.92 bits per heavy atom. The first-order chi connectivity index (χ1) is 11.9. The van der Waals surface area contributed by atoms with Gasteiger partial charge in [-0.25, -0.2) is 0 Å². The molecule has 7 nitrogen and oxygen atoms in total.